The zero-order valence-corrected chi connectivity index (χ0v) is 13.4. The van der Waals surface area contributed by atoms with Gasteiger partial charge in [-0.1, -0.05) is 39.7 Å². The van der Waals surface area contributed by atoms with Crippen LogP contribution >= 0.6 is 27.5 Å². The van der Waals surface area contributed by atoms with Crippen molar-refractivity contribution < 1.29 is 9.90 Å². The van der Waals surface area contributed by atoms with Crippen molar-refractivity contribution >= 4 is 39.1 Å². The van der Waals surface area contributed by atoms with Crippen LogP contribution in [0.25, 0.3) is 0 Å². The van der Waals surface area contributed by atoms with E-state index in [-0.39, 0.29) is 12.5 Å². The Kier molecular flexibility index (Phi) is 5.22. The van der Waals surface area contributed by atoms with Gasteiger partial charge in [0, 0.05) is 27.3 Å². The number of amides is 1. The van der Waals surface area contributed by atoms with Gasteiger partial charge in [0.05, 0.1) is 6.10 Å². The van der Waals surface area contributed by atoms with Gasteiger partial charge in [-0.15, -0.1) is 0 Å². The number of rotatable bonds is 4. The third kappa shape index (κ3) is 4.46. The van der Waals surface area contributed by atoms with Crippen LogP contribution < -0.4 is 11.1 Å². The van der Waals surface area contributed by atoms with Crippen LogP contribution in [-0.4, -0.2) is 17.6 Å². The van der Waals surface area contributed by atoms with Crippen LogP contribution in [0, 0.1) is 0 Å². The van der Waals surface area contributed by atoms with Crippen molar-refractivity contribution in [3.8, 4) is 0 Å². The van der Waals surface area contributed by atoms with Crippen LogP contribution in [0.15, 0.2) is 46.9 Å². The number of anilines is 1. The summed E-state index contributed by atoms with van der Waals surface area (Å²) in [6.45, 7) is 0.104. The Labute approximate surface area is 136 Å². The number of nitrogens with two attached hydrogens (primary N) is 1. The molecule has 0 bridgehead atoms. The van der Waals surface area contributed by atoms with Gasteiger partial charge in [0.1, 0.15) is 0 Å². The molecule has 0 saturated carbocycles. The van der Waals surface area contributed by atoms with E-state index in [1.54, 1.807) is 42.5 Å². The minimum Gasteiger partial charge on any atom is -0.399 e. The number of nitrogen functional groups attached to an aromatic ring is 1. The number of aliphatic hydroxyl groups is 1. The van der Waals surface area contributed by atoms with Gasteiger partial charge >= 0.3 is 0 Å². The van der Waals surface area contributed by atoms with Crippen LogP contribution in [0.1, 0.15) is 22.0 Å². The summed E-state index contributed by atoms with van der Waals surface area (Å²) in [6.07, 6.45) is -0.794. The molecule has 0 aliphatic carbocycles. The summed E-state index contributed by atoms with van der Waals surface area (Å²) in [5, 5.41) is 13.2. The highest BCUT2D eigenvalue weighted by atomic mass is 79.9. The van der Waals surface area contributed by atoms with Gasteiger partial charge in [0.25, 0.3) is 5.91 Å². The fourth-order valence-electron chi connectivity index (χ4n) is 1.81. The van der Waals surface area contributed by atoms with Crippen LogP contribution in [0.3, 0.4) is 0 Å². The lowest BCUT2D eigenvalue weighted by Crippen LogP contribution is -2.28. The van der Waals surface area contributed by atoms with E-state index in [0.717, 1.165) is 4.47 Å². The SMILES string of the molecule is Nc1ccc(C(O)CNC(=O)c2cc(Cl)cc(Br)c2)cc1. The van der Waals surface area contributed by atoms with Crippen molar-refractivity contribution in [3.63, 3.8) is 0 Å². The summed E-state index contributed by atoms with van der Waals surface area (Å²) in [7, 11) is 0. The van der Waals surface area contributed by atoms with Crippen molar-refractivity contribution in [2.75, 3.05) is 12.3 Å². The van der Waals surface area contributed by atoms with E-state index in [1.807, 2.05) is 0 Å². The first-order valence-electron chi connectivity index (χ1n) is 6.23. The Morgan fingerprint density at radius 2 is 1.95 bits per heavy atom. The van der Waals surface area contributed by atoms with Crippen LogP contribution in [-0.2, 0) is 0 Å². The maximum Gasteiger partial charge on any atom is 0.251 e. The quantitative estimate of drug-likeness (QED) is 0.725. The molecule has 0 aliphatic rings. The van der Waals surface area contributed by atoms with Gasteiger partial charge in [-0.3, -0.25) is 4.79 Å². The molecule has 2 rings (SSSR count). The molecule has 110 valence electrons. The molecule has 0 heterocycles. The molecule has 0 aromatic heterocycles. The lowest BCUT2D eigenvalue weighted by molar-refractivity contribution is 0.0916. The van der Waals surface area contributed by atoms with E-state index in [4.69, 9.17) is 17.3 Å². The van der Waals surface area contributed by atoms with Crippen molar-refractivity contribution in [1.82, 2.24) is 5.32 Å². The summed E-state index contributed by atoms with van der Waals surface area (Å²) in [5.74, 6) is -0.298. The second-order valence-electron chi connectivity index (χ2n) is 4.55. The van der Waals surface area contributed by atoms with Gasteiger partial charge in [0.2, 0.25) is 0 Å². The van der Waals surface area contributed by atoms with Crippen molar-refractivity contribution in [1.29, 1.82) is 0 Å². The number of carbonyl (C=O) groups excluding carboxylic acids is 1. The second-order valence-corrected chi connectivity index (χ2v) is 5.90. The van der Waals surface area contributed by atoms with Crippen molar-refractivity contribution in [2.24, 2.45) is 0 Å². The zero-order valence-electron chi connectivity index (χ0n) is 11.0. The Morgan fingerprint density at radius 1 is 1.29 bits per heavy atom. The molecule has 4 nitrogen and oxygen atoms in total. The average molecular weight is 370 g/mol. The smallest absolute Gasteiger partial charge is 0.251 e. The molecule has 0 spiro atoms. The number of halogens is 2. The van der Waals surface area contributed by atoms with Gasteiger partial charge in [-0.2, -0.15) is 0 Å². The third-order valence-electron chi connectivity index (χ3n) is 2.90. The molecule has 4 N–H and O–H groups in total. The largest absolute Gasteiger partial charge is 0.399 e. The number of carbonyl (C=O) groups is 1. The monoisotopic (exact) mass is 368 g/mol. The highest BCUT2D eigenvalue weighted by Gasteiger charge is 2.11. The Balaban J connectivity index is 1.98. The highest BCUT2D eigenvalue weighted by Crippen LogP contribution is 2.20. The van der Waals surface area contributed by atoms with E-state index in [9.17, 15) is 9.90 Å². The maximum absolute atomic E-state index is 12.0. The molecular formula is C15H14BrClN2O2. The topological polar surface area (TPSA) is 75.3 Å². The molecule has 2 aromatic rings. The number of benzene rings is 2. The van der Waals surface area contributed by atoms with E-state index < -0.39 is 6.10 Å². The summed E-state index contributed by atoms with van der Waals surface area (Å²) < 4.78 is 0.722. The molecule has 1 unspecified atom stereocenters. The molecule has 0 saturated heterocycles. The minimum absolute atomic E-state index is 0.104. The Morgan fingerprint density at radius 3 is 2.57 bits per heavy atom. The lowest BCUT2D eigenvalue weighted by atomic mass is 10.1. The Bertz CT molecular complexity index is 626. The predicted octanol–water partition coefficient (Wildman–Crippen LogP) is 3.15. The molecule has 2 aromatic carbocycles. The van der Waals surface area contributed by atoms with E-state index in [1.165, 1.54) is 0 Å². The van der Waals surface area contributed by atoms with Crippen LogP contribution in [0.5, 0.6) is 0 Å². The van der Waals surface area contributed by atoms with Crippen molar-refractivity contribution in [2.45, 2.75) is 6.10 Å². The summed E-state index contributed by atoms with van der Waals surface area (Å²) in [5.41, 5.74) is 7.33. The molecule has 1 atom stereocenters. The number of hydrogen-bond acceptors (Lipinski definition) is 3. The van der Waals surface area contributed by atoms with Gasteiger partial charge in [-0.25, -0.2) is 0 Å². The van der Waals surface area contributed by atoms with Crippen molar-refractivity contribution in [3.05, 3.63) is 63.1 Å². The first-order valence-corrected chi connectivity index (χ1v) is 7.40. The maximum atomic E-state index is 12.0. The van der Waals surface area contributed by atoms with Gasteiger partial charge in [0.15, 0.2) is 0 Å². The minimum atomic E-state index is -0.794. The van der Waals surface area contributed by atoms with Gasteiger partial charge in [-0.05, 0) is 35.9 Å². The second kappa shape index (κ2) is 6.93. The lowest BCUT2D eigenvalue weighted by Gasteiger charge is -2.13. The first-order chi connectivity index (χ1) is 9.95. The Hall–Kier alpha value is -1.56. The molecule has 1 amide bonds. The molecule has 0 fully saturated rings. The summed E-state index contributed by atoms with van der Waals surface area (Å²) in [4.78, 5) is 12.0. The van der Waals surface area contributed by atoms with Crippen LogP contribution in [0.4, 0.5) is 5.69 Å². The van der Waals surface area contributed by atoms with E-state index in [2.05, 4.69) is 21.2 Å². The standard InChI is InChI=1S/C15H14BrClN2O2/c16-11-5-10(6-12(17)7-11)15(21)19-8-14(20)9-1-3-13(18)4-2-9/h1-7,14,20H,8,18H2,(H,19,21). The number of aliphatic hydroxyl groups excluding tert-OH is 1. The fourth-order valence-corrected chi connectivity index (χ4v) is 2.67. The van der Waals surface area contributed by atoms with E-state index >= 15 is 0 Å². The van der Waals surface area contributed by atoms with Crippen LogP contribution in [0.2, 0.25) is 5.02 Å². The predicted molar refractivity (Wildman–Crippen MR) is 87.3 cm³/mol. The molecule has 6 heteroatoms. The molecular weight excluding hydrogens is 356 g/mol. The molecule has 0 aliphatic heterocycles. The summed E-state index contributed by atoms with van der Waals surface area (Å²) in [6, 6.07) is 11.8. The number of nitrogens with one attached hydrogen (secondary N) is 1. The van der Waals surface area contributed by atoms with E-state index in [0.29, 0.717) is 21.8 Å². The van der Waals surface area contributed by atoms with Gasteiger partial charge < -0.3 is 16.2 Å². The average Bonchev–Trinajstić information content (AvgIpc) is 2.44. The third-order valence-corrected chi connectivity index (χ3v) is 3.58. The molecule has 0 radical (unpaired) electrons. The fraction of sp³-hybridized carbons (Fsp3) is 0.133. The summed E-state index contributed by atoms with van der Waals surface area (Å²) >= 11 is 9.18. The number of hydrogen-bond donors (Lipinski definition) is 3. The first kappa shape index (κ1) is 15.8. The molecule has 21 heavy (non-hydrogen) atoms. The zero-order chi connectivity index (χ0) is 15.4. The highest BCUT2D eigenvalue weighted by molar-refractivity contribution is 9.10. The normalized spacial score (nSPS) is 12.0.